The first-order valence-electron chi connectivity index (χ1n) is 6.14. The van der Waals surface area contributed by atoms with Crippen molar-refractivity contribution < 1.29 is 13.2 Å². The standard InChI is InChI=1S/C12H14F3N5/c13-12(14,15)6-1-2-7-20-11(17-18-19-20)9-4-3-5-10(16)8-9/h3-5,8H,1-2,6-7,16H2. The van der Waals surface area contributed by atoms with E-state index in [9.17, 15) is 13.2 Å². The van der Waals surface area contributed by atoms with E-state index in [0.717, 1.165) is 5.56 Å². The lowest BCUT2D eigenvalue weighted by Gasteiger charge is -2.07. The maximum atomic E-state index is 12.0. The molecule has 0 atom stereocenters. The fraction of sp³-hybridized carbons (Fsp3) is 0.417. The van der Waals surface area contributed by atoms with Gasteiger partial charge in [0.15, 0.2) is 5.82 Å². The number of nitrogens with zero attached hydrogens (tertiary/aromatic N) is 4. The number of hydrogen-bond donors (Lipinski definition) is 1. The summed E-state index contributed by atoms with van der Waals surface area (Å²) in [7, 11) is 0. The molecule has 0 amide bonds. The van der Waals surface area contributed by atoms with Crippen LogP contribution in [0.15, 0.2) is 24.3 Å². The highest BCUT2D eigenvalue weighted by molar-refractivity contribution is 5.60. The van der Waals surface area contributed by atoms with Crippen LogP contribution in [0.5, 0.6) is 0 Å². The van der Waals surface area contributed by atoms with E-state index in [-0.39, 0.29) is 6.42 Å². The number of rotatable bonds is 5. The zero-order chi connectivity index (χ0) is 14.6. The van der Waals surface area contributed by atoms with Gasteiger partial charge in [-0.15, -0.1) is 5.10 Å². The minimum absolute atomic E-state index is 0.0553. The Morgan fingerprint density at radius 3 is 2.70 bits per heavy atom. The van der Waals surface area contributed by atoms with Gasteiger partial charge in [-0.25, -0.2) is 4.68 Å². The van der Waals surface area contributed by atoms with Gasteiger partial charge in [0.2, 0.25) is 0 Å². The van der Waals surface area contributed by atoms with E-state index in [1.54, 1.807) is 24.3 Å². The summed E-state index contributed by atoms with van der Waals surface area (Å²) in [5.74, 6) is 0.504. The minimum atomic E-state index is -4.11. The second-order valence-corrected chi connectivity index (χ2v) is 4.42. The van der Waals surface area contributed by atoms with E-state index in [1.807, 2.05) is 0 Å². The van der Waals surface area contributed by atoms with Crippen molar-refractivity contribution >= 4 is 5.69 Å². The number of anilines is 1. The van der Waals surface area contributed by atoms with Crippen molar-refractivity contribution in [3.63, 3.8) is 0 Å². The molecule has 0 saturated heterocycles. The summed E-state index contributed by atoms with van der Waals surface area (Å²) in [6.45, 7) is 0.340. The molecule has 0 radical (unpaired) electrons. The van der Waals surface area contributed by atoms with Crippen LogP contribution in [0.25, 0.3) is 11.4 Å². The average molecular weight is 285 g/mol. The molecule has 0 saturated carbocycles. The number of hydrogen-bond acceptors (Lipinski definition) is 4. The molecule has 5 nitrogen and oxygen atoms in total. The molecule has 1 aromatic heterocycles. The fourth-order valence-corrected chi connectivity index (χ4v) is 1.83. The minimum Gasteiger partial charge on any atom is -0.399 e. The van der Waals surface area contributed by atoms with Crippen LogP contribution in [-0.2, 0) is 6.54 Å². The van der Waals surface area contributed by atoms with Crippen molar-refractivity contribution in [2.75, 3.05) is 5.73 Å². The number of tetrazole rings is 1. The van der Waals surface area contributed by atoms with E-state index >= 15 is 0 Å². The van der Waals surface area contributed by atoms with Gasteiger partial charge in [0, 0.05) is 24.2 Å². The highest BCUT2D eigenvalue weighted by Crippen LogP contribution is 2.23. The van der Waals surface area contributed by atoms with Gasteiger partial charge < -0.3 is 5.73 Å². The largest absolute Gasteiger partial charge is 0.399 e. The zero-order valence-electron chi connectivity index (χ0n) is 10.6. The Labute approximate surface area is 113 Å². The van der Waals surface area contributed by atoms with E-state index < -0.39 is 12.6 Å². The number of benzene rings is 1. The first-order chi connectivity index (χ1) is 9.46. The average Bonchev–Trinajstić information content (AvgIpc) is 2.82. The van der Waals surface area contributed by atoms with E-state index in [0.29, 0.717) is 24.5 Å². The lowest BCUT2D eigenvalue weighted by atomic mass is 10.2. The van der Waals surface area contributed by atoms with Crippen molar-refractivity contribution in [2.24, 2.45) is 0 Å². The molecule has 0 spiro atoms. The maximum Gasteiger partial charge on any atom is 0.389 e. The van der Waals surface area contributed by atoms with Gasteiger partial charge in [0.25, 0.3) is 0 Å². The molecule has 0 aliphatic carbocycles. The van der Waals surface area contributed by atoms with Gasteiger partial charge in [-0.05, 0) is 35.4 Å². The molecule has 0 unspecified atom stereocenters. The quantitative estimate of drug-likeness (QED) is 0.677. The molecule has 8 heteroatoms. The predicted octanol–water partition coefficient (Wildman–Crippen LogP) is 2.65. The SMILES string of the molecule is Nc1cccc(-c2nnnn2CCCCC(F)(F)F)c1. The first-order valence-corrected chi connectivity index (χ1v) is 6.14. The summed E-state index contributed by atoms with van der Waals surface area (Å²) in [6, 6.07) is 7.03. The molecular formula is C12H14F3N5. The number of aryl methyl sites for hydroxylation is 1. The monoisotopic (exact) mass is 285 g/mol. The highest BCUT2D eigenvalue weighted by atomic mass is 19.4. The van der Waals surface area contributed by atoms with Gasteiger partial charge in [0.1, 0.15) is 0 Å². The van der Waals surface area contributed by atoms with Crippen LogP contribution in [0, 0.1) is 0 Å². The molecule has 2 N–H and O–H groups in total. The molecule has 0 aliphatic rings. The van der Waals surface area contributed by atoms with Crippen LogP contribution in [0.3, 0.4) is 0 Å². The van der Waals surface area contributed by atoms with Gasteiger partial charge in [-0.3, -0.25) is 0 Å². The number of nitrogens with two attached hydrogens (primary N) is 1. The highest BCUT2D eigenvalue weighted by Gasteiger charge is 2.25. The number of nitrogen functional groups attached to an aromatic ring is 1. The van der Waals surface area contributed by atoms with Crippen molar-refractivity contribution in [1.29, 1.82) is 0 Å². The summed E-state index contributed by atoms with van der Waals surface area (Å²) >= 11 is 0. The second-order valence-electron chi connectivity index (χ2n) is 4.42. The number of unbranched alkanes of at least 4 members (excludes halogenated alkanes) is 1. The summed E-state index contributed by atoms with van der Waals surface area (Å²) in [5.41, 5.74) is 7.00. The van der Waals surface area contributed by atoms with E-state index in [4.69, 9.17) is 5.73 Å². The Bertz CT molecular complexity index is 564. The third-order valence-corrected chi connectivity index (χ3v) is 2.76. The van der Waals surface area contributed by atoms with E-state index in [2.05, 4.69) is 15.5 Å². The topological polar surface area (TPSA) is 69.6 Å². The van der Waals surface area contributed by atoms with Crippen molar-refractivity contribution in [1.82, 2.24) is 20.2 Å². The first kappa shape index (κ1) is 14.3. The van der Waals surface area contributed by atoms with Crippen LogP contribution in [0.4, 0.5) is 18.9 Å². The third kappa shape index (κ3) is 3.94. The Balaban J connectivity index is 1.99. The molecule has 2 aromatic rings. The molecule has 0 aliphatic heterocycles. The summed E-state index contributed by atoms with van der Waals surface area (Å²) in [6.07, 6.45) is -4.49. The van der Waals surface area contributed by atoms with Gasteiger partial charge in [-0.1, -0.05) is 12.1 Å². The molecule has 0 fully saturated rings. The second kappa shape index (κ2) is 5.89. The van der Waals surface area contributed by atoms with Crippen LogP contribution in [0.2, 0.25) is 0 Å². The third-order valence-electron chi connectivity index (χ3n) is 2.76. The molecule has 0 bridgehead atoms. The molecule has 20 heavy (non-hydrogen) atoms. The van der Waals surface area contributed by atoms with Gasteiger partial charge >= 0.3 is 6.18 Å². The van der Waals surface area contributed by atoms with E-state index in [1.165, 1.54) is 4.68 Å². The Hall–Kier alpha value is -2.12. The smallest absolute Gasteiger partial charge is 0.389 e. The van der Waals surface area contributed by atoms with Crippen LogP contribution < -0.4 is 5.73 Å². The Morgan fingerprint density at radius 1 is 1.20 bits per heavy atom. The number of alkyl halides is 3. The maximum absolute atomic E-state index is 12.0. The normalized spacial score (nSPS) is 11.8. The van der Waals surface area contributed by atoms with Crippen LogP contribution in [0.1, 0.15) is 19.3 Å². The summed E-state index contributed by atoms with van der Waals surface area (Å²) in [4.78, 5) is 0. The molecular weight excluding hydrogens is 271 g/mol. The molecule has 108 valence electrons. The number of halogens is 3. The summed E-state index contributed by atoms with van der Waals surface area (Å²) < 4.78 is 37.6. The lowest BCUT2D eigenvalue weighted by molar-refractivity contribution is -0.135. The number of aromatic nitrogens is 4. The van der Waals surface area contributed by atoms with Gasteiger partial charge in [0.05, 0.1) is 0 Å². The Morgan fingerprint density at radius 2 is 2.00 bits per heavy atom. The Kier molecular flexibility index (Phi) is 4.21. The zero-order valence-corrected chi connectivity index (χ0v) is 10.6. The molecule has 2 rings (SSSR count). The van der Waals surface area contributed by atoms with Crippen LogP contribution in [-0.4, -0.2) is 26.4 Å². The van der Waals surface area contributed by atoms with Crippen molar-refractivity contribution in [2.45, 2.75) is 32.0 Å². The summed E-state index contributed by atoms with van der Waals surface area (Å²) in [5, 5.41) is 11.2. The van der Waals surface area contributed by atoms with Crippen molar-refractivity contribution in [3.8, 4) is 11.4 Å². The molecule has 1 aromatic carbocycles. The van der Waals surface area contributed by atoms with Gasteiger partial charge in [-0.2, -0.15) is 13.2 Å². The van der Waals surface area contributed by atoms with Crippen LogP contribution >= 0.6 is 0 Å². The van der Waals surface area contributed by atoms with Crippen molar-refractivity contribution in [3.05, 3.63) is 24.3 Å². The fourth-order valence-electron chi connectivity index (χ4n) is 1.83. The lowest BCUT2D eigenvalue weighted by Crippen LogP contribution is -2.08. The predicted molar refractivity (Wildman–Crippen MR) is 67.6 cm³/mol. The molecule has 1 heterocycles.